The van der Waals surface area contributed by atoms with Crippen molar-refractivity contribution < 1.29 is 14.2 Å². The highest BCUT2D eigenvalue weighted by Crippen LogP contribution is 2.38. The molecule has 3 heterocycles. The molecule has 1 N–H and O–H groups in total. The van der Waals surface area contributed by atoms with Gasteiger partial charge >= 0.3 is 0 Å². The van der Waals surface area contributed by atoms with Crippen LogP contribution >= 0.6 is 0 Å². The first-order chi connectivity index (χ1) is 12.3. The number of fused-ring (bicyclic) bond motifs is 4. The molecule has 5 nitrogen and oxygen atoms in total. The van der Waals surface area contributed by atoms with E-state index in [2.05, 4.69) is 46.4 Å². The Kier molecular flexibility index (Phi) is 3.21. The van der Waals surface area contributed by atoms with E-state index in [1.807, 2.05) is 18.2 Å². The lowest BCUT2D eigenvalue weighted by atomic mass is 10.0. The monoisotopic (exact) mass is 334 g/mol. The minimum Gasteiger partial charge on any atom is -0.496 e. The maximum absolute atomic E-state index is 5.57. The Labute approximate surface area is 145 Å². The Morgan fingerprint density at radius 1 is 1.08 bits per heavy atom. The van der Waals surface area contributed by atoms with Gasteiger partial charge in [-0.05, 0) is 42.0 Å². The number of rotatable bonds is 2. The first-order valence-electron chi connectivity index (χ1n) is 8.31. The third kappa shape index (κ3) is 2.20. The molecule has 1 atom stereocenters. The van der Waals surface area contributed by atoms with E-state index in [1.165, 1.54) is 5.69 Å². The Morgan fingerprint density at radius 3 is 2.92 bits per heavy atom. The van der Waals surface area contributed by atoms with Crippen molar-refractivity contribution in [3.63, 3.8) is 0 Å². The van der Waals surface area contributed by atoms with Gasteiger partial charge in [0.25, 0.3) is 0 Å². The highest BCUT2D eigenvalue weighted by atomic mass is 16.7. The van der Waals surface area contributed by atoms with Crippen LogP contribution in [0.15, 0.2) is 54.7 Å². The first-order valence-corrected chi connectivity index (χ1v) is 8.31. The standard InChI is InChI=1S/C20H18N2O3/c1-23-17-6-2-4-15-14(17)11-21-20(16-5-3-9-22(15)16)13-7-8-18-19(10-13)25-12-24-18/h2-10,20-21H,11-12H2,1H3. The Balaban J connectivity index is 1.63. The lowest BCUT2D eigenvalue weighted by molar-refractivity contribution is 0.174. The highest BCUT2D eigenvalue weighted by Gasteiger charge is 2.26. The topological polar surface area (TPSA) is 44.6 Å². The van der Waals surface area contributed by atoms with Crippen molar-refractivity contribution in [2.45, 2.75) is 12.6 Å². The molecule has 3 aromatic rings. The molecule has 0 saturated heterocycles. The maximum atomic E-state index is 5.57. The van der Waals surface area contributed by atoms with Crippen molar-refractivity contribution in [3.8, 4) is 22.9 Å². The van der Waals surface area contributed by atoms with Gasteiger partial charge < -0.3 is 24.1 Å². The van der Waals surface area contributed by atoms with Crippen molar-refractivity contribution in [1.82, 2.24) is 9.88 Å². The number of nitrogens with zero attached hydrogens (tertiary/aromatic N) is 1. The van der Waals surface area contributed by atoms with Crippen LogP contribution < -0.4 is 19.5 Å². The number of methoxy groups -OCH3 is 1. The number of benzene rings is 2. The van der Waals surface area contributed by atoms with Crippen molar-refractivity contribution in [1.29, 1.82) is 0 Å². The molecular weight excluding hydrogens is 316 g/mol. The zero-order valence-electron chi connectivity index (χ0n) is 13.9. The third-order valence-electron chi connectivity index (χ3n) is 4.88. The van der Waals surface area contributed by atoms with Crippen molar-refractivity contribution in [3.05, 3.63) is 71.5 Å². The molecule has 0 aliphatic carbocycles. The van der Waals surface area contributed by atoms with E-state index in [1.54, 1.807) is 7.11 Å². The van der Waals surface area contributed by atoms with Crippen LogP contribution in [0.25, 0.3) is 5.69 Å². The zero-order chi connectivity index (χ0) is 16.8. The van der Waals surface area contributed by atoms with E-state index in [0.717, 1.165) is 40.6 Å². The van der Waals surface area contributed by atoms with E-state index in [4.69, 9.17) is 14.2 Å². The summed E-state index contributed by atoms with van der Waals surface area (Å²) in [5.41, 5.74) is 4.64. The van der Waals surface area contributed by atoms with Crippen molar-refractivity contribution in [2.24, 2.45) is 0 Å². The molecule has 0 radical (unpaired) electrons. The van der Waals surface area contributed by atoms with Gasteiger partial charge in [0.2, 0.25) is 6.79 Å². The molecule has 2 aliphatic heterocycles. The molecule has 2 aliphatic rings. The minimum atomic E-state index is 0.0570. The largest absolute Gasteiger partial charge is 0.496 e. The number of ether oxygens (including phenoxy) is 3. The lowest BCUT2D eigenvalue weighted by Gasteiger charge is -2.18. The van der Waals surface area contributed by atoms with Gasteiger partial charge in [-0.2, -0.15) is 0 Å². The highest BCUT2D eigenvalue weighted by molar-refractivity contribution is 5.54. The summed E-state index contributed by atoms with van der Waals surface area (Å²) in [7, 11) is 1.71. The SMILES string of the molecule is COc1cccc2c1CNC(c1ccc3c(c1)OCO3)c1cccn1-2. The maximum Gasteiger partial charge on any atom is 0.231 e. The molecule has 0 saturated carbocycles. The van der Waals surface area contributed by atoms with Crippen molar-refractivity contribution in [2.75, 3.05) is 13.9 Å². The van der Waals surface area contributed by atoms with E-state index >= 15 is 0 Å². The van der Waals surface area contributed by atoms with Crippen LogP contribution in [0.5, 0.6) is 17.2 Å². The quantitative estimate of drug-likeness (QED) is 0.780. The molecule has 5 heteroatoms. The number of hydrogen-bond acceptors (Lipinski definition) is 4. The zero-order valence-corrected chi connectivity index (χ0v) is 13.9. The van der Waals surface area contributed by atoms with Gasteiger partial charge in [0.05, 0.1) is 18.8 Å². The molecule has 0 amide bonds. The lowest BCUT2D eigenvalue weighted by Crippen LogP contribution is -2.21. The molecule has 0 fully saturated rings. The van der Waals surface area contributed by atoms with E-state index in [9.17, 15) is 0 Å². The van der Waals surface area contributed by atoms with Gasteiger partial charge in [0, 0.05) is 24.0 Å². The van der Waals surface area contributed by atoms with Crippen LogP contribution in [0.1, 0.15) is 22.9 Å². The van der Waals surface area contributed by atoms with Gasteiger partial charge in [-0.1, -0.05) is 12.1 Å². The summed E-state index contributed by atoms with van der Waals surface area (Å²) in [5.74, 6) is 2.51. The number of hydrogen-bond donors (Lipinski definition) is 1. The summed E-state index contributed by atoms with van der Waals surface area (Å²) in [5, 5.41) is 3.67. The minimum absolute atomic E-state index is 0.0570. The molecule has 1 aromatic heterocycles. The smallest absolute Gasteiger partial charge is 0.231 e. The van der Waals surface area contributed by atoms with E-state index in [0.29, 0.717) is 0 Å². The van der Waals surface area contributed by atoms with Gasteiger partial charge in [0.15, 0.2) is 11.5 Å². The fourth-order valence-electron chi connectivity index (χ4n) is 3.69. The second-order valence-electron chi connectivity index (χ2n) is 6.19. The summed E-state index contributed by atoms with van der Waals surface area (Å²) < 4.78 is 18.8. The summed E-state index contributed by atoms with van der Waals surface area (Å²) in [6.45, 7) is 1.01. The van der Waals surface area contributed by atoms with Crippen molar-refractivity contribution >= 4 is 0 Å². The predicted molar refractivity (Wildman–Crippen MR) is 93.6 cm³/mol. The van der Waals surface area contributed by atoms with Crippen LogP contribution in [0.3, 0.4) is 0 Å². The molecular formula is C20H18N2O3. The molecule has 2 aromatic carbocycles. The second-order valence-corrected chi connectivity index (χ2v) is 6.19. The fraction of sp³-hybridized carbons (Fsp3) is 0.200. The molecule has 1 unspecified atom stereocenters. The normalized spacial score (nSPS) is 17.6. The first kappa shape index (κ1) is 14.4. The van der Waals surface area contributed by atoms with Crippen LogP contribution in [0.4, 0.5) is 0 Å². The van der Waals surface area contributed by atoms with E-state index in [-0.39, 0.29) is 12.8 Å². The van der Waals surface area contributed by atoms with Crippen LogP contribution in [-0.4, -0.2) is 18.5 Å². The average molecular weight is 334 g/mol. The van der Waals surface area contributed by atoms with Crippen LogP contribution in [0.2, 0.25) is 0 Å². The van der Waals surface area contributed by atoms with Crippen LogP contribution in [-0.2, 0) is 6.54 Å². The molecule has 25 heavy (non-hydrogen) atoms. The predicted octanol–water partition coefficient (Wildman–Crippen LogP) is 3.41. The fourth-order valence-corrected chi connectivity index (χ4v) is 3.69. The molecule has 0 spiro atoms. The van der Waals surface area contributed by atoms with E-state index < -0.39 is 0 Å². The van der Waals surface area contributed by atoms with Gasteiger partial charge in [-0.15, -0.1) is 0 Å². The van der Waals surface area contributed by atoms with Crippen LogP contribution in [0, 0.1) is 0 Å². The summed E-state index contributed by atoms with van der Waals surface area (Å²) >= 11 is 0. The molecule has 0 bridgehead atoms. The van der Waals surface area contributed by atoms with Gasteiger partial charge in [0.1, 0.15) is 5.75 Å². The molecule has 5 rings (SSSR count). The Morgan fingerprint density at radius 2 is 2.00 bits per heavy atom. The second kappa shape index (κ2) is 5.57. The van der Waals surface area contributed by atoms with Gasteiger partial charge in [-0.3, -0.25) is 0 Å². The summed E-state index contributed by atoms with van der Waals surface area (Å²) in [6, 6.07) is 16.6. The number of nitrogens with one attached hydrogen (secondary N) is 1. The average Bonchev–Trinajstić information content (AvgIpc) is 3.28. The van der Waals surface area contributed by atoms with Gasteiger partial charge in [-0.25, -0.2) is 0 Å². The number of aromatic nitrogens is 1. The Hall–Kier alpha value is -2.92. The Bertz CT molecular complexity index is 948. The third-order valence-corrected chi connectivity index (χ3v) is 4.88. The summed E-state index contributed by atoms with van der Waals surface area (Å²) in [4.78, 5) is 0. The molecule has 126 valence electrons. The summed E-state index contributed by atoms with van der Waals surface area (Å²) in [6.07, 6.45) is 2.10.